The van der Waals surface area contributed by atoms with Gasteiger partial charge in [0, 0.05) is 39.1 Å². The van der Waals surface area contributed by atoms with Crippen LogP contribution in [0.1, 0.15) is 105 Å². The van der Waals surface area contributed by atoms with E-state index in [1.807, 2.05) is 36.4 Å². The van der Waals surface area contributed by atoms with Gasteiger partial charge in [-0.25, -0.2) is 4.79 Å². The van der Waals surface area contributed by atoms with E-state index < -0.39 is 225 Å². The highest BCUT2D eigenvalue weighted by Gasteiger charge is 2.51. The number of carboxylic acid groups (broad SMARTS) is 1. The van der Waals surface area contributed by atoms with Crippen LogP contribution >= 0.6 is 45.8 Å². The Hall–Kier alpha value is -8.43. The van der Waals surface area contributed by atoms with Crippen molar-refractivity contribution in [3.05, 3.63) is 117 Å². The van der Waals surface area contributed by atoms with Crippen LogP contribution in [0, 0.1) is 5.92 Å². The number of primary amides is 1. The first-order chi connectivity index (χ1) is 47.7. The van der Waals surface area contributed by atoms with E-state index in [1.54, 1.807) is 0 Å². The maximum absolute atomic E-state index is 16.0. The molecule has 0 aliphatic carbocycles. The van der Waals surface area contributed by atoms with Gasteiger partial charge in [-0.1, -0.05) is 77.8 Å². The molecule has 20 N–H and O–H groups in total. The minimum atomic E-state index is -2.31. The van der Waals surface area contributed by atoms with E-state index in [9.17, 15) is 69.9 Å². The van der Waals surface area contributed by atoms with Crippen molar-refractivity contribution in [1.82, 2.24) is 37.2 Å². The molecule has 7 amide bonds. The van der Waals surface area contributed by atoms with Gasteiger partial charge in [-0.05, 0) is 110 Å². The number of phenolic OH excluding ortho intramolecular Hbond substituents is 3. The van der Waals surface area contributed by atoms with Crippen LogP contribution in [0.2, 0.25) is 10.0 Å². The number of likely N-dealkylation sites (N-methyl/N-ethyl adjacent to an activating group) is 1. The predicted octanol–water partition coefficient (Wildman–Crippen LogP) is 1.55. The number of benzene rings is 5. The van der Waals surface area contributed by atoms with Crippen molar-refractivity contribution in [1.29, 1.82) is 0 Å². The van der Waals surface area contributed by atoms with Crippen LogP contribution in [-0.4, -0.2) is 184 Å². The molecule has 101 heavy (non-hydrogen) atoms. The van der Waals surface area contributed by atoms with Crippen LogP contribution in [0.5, 0.6) is 46.0 Å². The van der Waals surface area contributed by atoms with E-state index in [-0.39, 0.29) is 56.4 Å². The number of alkyl halides is 1. The summed E-state index contributed by atoms with van der Waals surface area (Å²) in [6, 6.07) is -0.218. The Balaban J connectivity index is 1.24. The number of phenols is 3. The van der Waals surface area contributed by atoms with Crippen LogP contribution in [0.15, 0.2) is 78.9 Å². The molecule has 5 aromatic carbocycles. The first kappa shape index (κ1) is 75.2. The Morgan fingerprint density at radius 1 is 0.723 bits per heavy atom. The van der Waals surface area contributed by atoms with Gasteiger partial charge < -0.3 is 123 Å². The highest BCUT2D eigenvalue weighted by molar-refractivity contribution is 14.1. The van der Waals surface area contributed by atoms with Crippen molar-refractivity contribution in [2.75, 3.05) is 11.5 Å². The topological polar surface area (TPSA) is 510 Å². The molecule has 7 aliphatic rings. The Labute approximate surface area is 598 Å². The second kappa shape index (κ2) is 30.6. The van der Waals surface area contributed by atoms with E-state index >= 15 is 14.4 Å². The molecule has 0 spiro atoms. The van der Waals surface area contributed by atoms with Crippen molar-refractivity contribution >= 4 is 93.1 Å². The fraction of sp³-hybridized carbons (Fsp3) is 0.424. The van der Waals surface area contributed by atoms with E-state index in [4.69, 9.17) is 63.1 Å². The predicted molar refractivity (Wildman–Crippen MR) is 361 cm³/mol. The van der Waals surface area contributed by atoms with Crippen LogP contribution in [0.25, 0.3) is 11.1 Å². The highest BCUT2D eigenvalue weighted by Crippen LogP contribution is 2.50. The van der Waals surface area contributed by atoms with E-state index in [0.29, 0.717) is 0 Å². The van der Waals surface area contributed by atoms with E-state index in [1.165, 1.54) is 39.1 Å². The van der Waals surface area contributed by atoms with Gasteiger partial charge in [0.2, 0.25) is 53.4 Å². The zero-order valence-electron chi connectivity index (χ0n) is 54.3. The number of amides is 7. The van der Waals surface area contributed by atoms with Gasteiger partial charge >= 0.3 is 5.97 Å². The van der Waals surface area contributed by atoms with Gasteiger partial charge in [-0.2, -0.15) is 0 Å². The van der Waals surface area contributed by atoms with Crippen LogP contribution in [0.3, 0.4) is 0 Å². The summed E-state index contributed by atoms with van der Waals surface area (Å²) >= 11 is 16.0. The van der Waals surface area contributed by atoms with Crippen molar-refractivity contribution in [2.24, 2.45) is 17.4 Å². The Morgan fingerprint density at radius 2 is 1.33 bits per heavy atom. The molecular formula is C66H74Cl2IN9O23. The number of carbonyl (C=O) groups is 8. The maximum atomic E-state index is 16.0. The molecule has 7 aliphatic heterocycles. The zero-order valence-corrected chi connectivity index (χ0v) is 57.9. The summed E-state index contributed by atoms with van der Waals surface area (Å²) in [5, 5.41) is 120. The fourth-order valence-electron chi connectivity index (χ4n) is 12.5. The first-order valence-electron chi connectivity index (χ1n) is 31.6. The third kappa shape index (κ3) is 16.1. The number of fused-ring (bicyclic) bond motifs is 15. The zero-order chi connectivity index (χ0) is 73.5. The van der Waals surface area contributed by atoms with E-state index in [2.05, 4.69) is 37.2 Å². The van der Waals surface area contributed by atoms with Gasteiger partial charge in [0.25, 0.3) is 0 Å². The summed E-state index contributed by atoms with van der Waals surface area (Å²) < 4.78 is 38.9. The number of hydrogen-bond acceptors (Lipinski definition) is 24. The number of nitrogens with two attached hydrogens (primary N) is 2. The van der Waals surface area contributed by atoms with Crippen molar-refractivity contribution in [3.8, 4) is 57.1 Å². The number of rotatable bonds is 13. The number of carboxylic acids is 1. The molecule has 5 aromatic rings. The van der Waals surface area contributed by atoms with Crippen LogP contribution < -0.4 is 62.9 Å². The third-order valence-corrected chi connectivity index (χ3v) is 19.2. The van der Waals surface area contributed by atoms with Gasteiger partial charge in [0.1, 0.15) is 83.4 Å². The molecular weight excluding hydrogens is 1480 g/mol. The normalized spacial score (nSPS) is 29.4. The lowest BCUT2D eigenvalue weighted by atomic mass is 9.86. The number of hydrogen-bond donors (Lipinski definition) is 18. The molecule has 0 radical (unpaired) electrons. The smallest absolute Gasteiger partial charge is 0.330 e. The molecule has 2 saturated heterocycles. The number of aliphatic hydroxyl groups excluding tert-OH is 5. The maximum Gasteiger partial charge on any atom is 0.330 e. The minimum absolute atomic E-state index is 0.000439. The summed E-state index contributed by atoms with van der Waals surface area (Å²) in [4.78, 5) is 117. The third-order valence-electron chi connectivity index (χ3n) is 17.7. The average molecular weight is 1560 g/mol. The summed E-state index contributed by atoms with van der Waals surface area (Å²) in [6.45, 7) is 6.71. The standard InChI is InChI=1S/C66H74Cl2IN9O23/c1-23(2)12-34(72-5)58(88)77-49-51(83)26-7-10-38(32(67)14-26)97-40-16-28-17-41(55(40)101-65-56(54(86)53(85)42(22-69)99-65)100-44-21-66(4,71)57(87)24(3)96-44)98-39-11-8-27(15-33(39)68)52(84)50-63(93)76-48(64(94)95)31-18-29(79)19-37(81)45(31)30-13-25(6-9-36(30)80)46(60(90)78-50)75-61(91)47(28)74-59(89)35(20-43(70)82)73-62(49)92/h6-11,13-19,23-24,34-35,42,44,46-54,56-57,65,72,79-81,83-87H,12,20-22,71H2,1-5H3,(H2,70,82)(H,73,92)(H,74,89)(H,75,91)(H,76,93)(H,77,88)(H,78,90)(H,94,95)/t24-,34+,35-,42+,44-,46+,47+,48-,49+,50-,51+,52+,53+,54-,56+,57+,65-,66-/m0/s1. The molecule has 2 fully saturated rings. The monoisotopic (exact) mass is 1560 g/mol. The number of carbonyl (C=O) groups excluding carboxylic acids is 7. The van der Waals surface area contributed by atoms with Crippen LogP contribution in [-0.2, 0) is 52.6 Å². The lowest BCUT2D eigenvalue weighted by molar-refractivity contribution is -0.328. The van der Waals surface area contributed by atoms with Crippen molar-refractivity contribution in [2.45, 2.75) is 156 Å². The SMILES string of the molecule is CN[C@H](CC(C)C)C(=O)N[C@H]1C(=O)N[C@@H](CC(N)=O)C(=O)N[C@H]2C(=O)N[C@H]3C(=O)N[C@H](C(=O)N[C@H](C(=O)O)c4cc(O)cc(O)c4-c4cc3ccc4O)[C@H](O)c3ccc(c(Cl)c3)Oc3cc2cc(c3O[C@@H]2O[C@H](CI)[C@@H](O)[C@H](O)[C@H]2O[C@H]2C[C@](C)(N)[C@H](O)[C@H](C)O2)Oc2ccc(cc2Cl)[C@H]1O. The lowest BCUT2D eigenvalue weighted by Crippen LogP contribution is -2.64. The van der Waals surface area contributed by atoms with Crippen LogP contribution in [0.4, 0.5) is 0 Å². The second-order valence-corrected chi connectivity index (χ2v) is 27.4. The number of aromatic hydroxyl groups is 3. The first-order valence-corrected chi connectivity index (χ1v) is 33.9. The number of halogens is 3. The molecule has 12 rings (SSSR count). The largest absolute Gasteiger partial charge is 0.508 e. The van der Waals surface area contributed by atoms with Gasteiger partial charge in [0.05, 0.1) is 40.8 Å². The summed E-state index contributed by atoms with van der Waals surface area (Å²) in [6.07, 6.45) is -17.2. The Kier molecular flexibility index (Phi) is 22.8. The molecule has 0 unspecified atom stereocenters. The van der Waals surface area contributed by atoms with E-state index in [0.717, 1.165) is 60.7 Å². The number of ether oxygens (including phenoxy) is 6. The Morgan fingerprint density at radius 3 is 1.91 bits per heavy atom. The Bertz CT molecular complexity index is 4080. The van der Waals surface area contributed by atoms with Gasteiger partial charge in [0.15, 0.2) is 29.9 Å². The minimum Gasteiger partial charge on any atom is -0.508 e. The van der Waals surface area contributed by atoms with Crippen molar-refractivity contribution < 1.29 is 113 Å². The van der Waals surface area contributed by atoms with Crippen molar-refractivity contribution in [3.63, 3.8) is 0 Å². The molecule has 7 heterocycles. The number of aliphatic carboxylic acids is 1. The fourth-order valence-corrected chi connectivity index (χ4v) is 13.7. The summed E-state index contributed by atoms with van der Waals surface area (Å²) in [7, 11) is 1.48. The second-order valence-electron chi connectivity index (χ2n) is 25.7. The summed E-state index contributed by atoms with van der Waals surface area (Å²) in [5.74, 6) is -15.5. The molecule has 18 atom stereocenters. The summed E-state index contributed by atoms with van der Waals surface area (Å²) in [5.41, 5.74) is 8.23. The highest BCUT2D eigenvalue weighted by atomic mass is 127. The molecule has 542 valence electrons. The lowest BCUT2D eigenvalue weighted by Gasteiger charge is -2.47. The quantitative estimate of drug-likeness (QED) is 0.0587. The number of nitrogens with one attached hydrogen (secondary N) is 7. The molecule has 11 bridgehead atoms. The van der Waals surface area contributed by atoms with Gasteiger partial charge in [-0.3, -0.25) is 33.6 Å². The molecule has 32 nitrogen and oxygen atoms in total. The average Bonchev–Trinajstić information content (AvgIpc) is 0.775. The molecule has 0 aromatic heterocycles. The number of aliphatic hydroxyl groups is 5. The molecule has 0 saturated carbocycles. The van der Waals surface area contributed by atoms with Gasteiger partial charge in [-0.15, -0.1) is 0 Å². The molecule has 35 heteroatoms.